The molecule has 6 heteroatoms. The van der Waals surface area contributed by atoms with Crippen molar-refractivity contribution in [3.63, 3.8) is 0 Å². The van der Waals surface area contributed by atoms with Gasteiger partial charge >= 0.3 is 0 Å². The van der Waals surface area contributed by atoms with E-state index in [1.165, 1.54) is 11.5 Å². The molecule has 1 aliphatic heterocycles. The first kappa shape index (κ1) is 12.3. The highest BCUT2D eigenvalue weighted by atomic mass is 32.1. The standard InChI is InChI=1S/C11H18N4OS/c1-4-9-12-11(17-13-9)15-7-5-6-8(15)10(16)14(2)3/h8H,4-7H2,1-3H3. The van der Waals surface area contributed by atoms with Crippen molar-refractivity contribution in [3.05, 3.63) is 5.82 Å². The molecule has 0 radical (unpaired) electrons. The molecular formula is C11H18N4OS. The molecule has 1 aromatic rings. The third-order valence-electron chi connectivity index (χ3n) is 3.00. The first-order chi connectivity index (χ1) is 8.13. The van der Waals surface area contributed by atoms with Crippen molar-refractivity contribution < 1.29 is 4.79 Å². The highest BCUT2D eigenvalue weighted by molar-refractivity contribution is 7.09. The molecule has 1 saturated heterocycles. The Balaban J connectivity index is 2.16. The van der Waals surface area contributed by atoms with Crippen LogP contribution in [0.3, 0.4) is 0 Å². The molecule has 2 heterocycles. The van der Waals surface area contributed by atoms with E-state index < -0.39 is 0 Å². The lowest BCUT2D eigenvalue weighted by atomic mass is 10.2. The molecule has 1 unspecified atom stereocenters. The summed E-state index contributed by atoms with van der Waals surface area (Å²) in [5.74, 6) is 1.03. The Kier molecular flexibility index (Phi) is 3.61. The predicted octanol–water partition coefficient (Wildman–Crippen LogP) is 1.16. The fourth-order valence-corrected chi connectivity index (χ4v) is 2.88. The SMILES string of the molecule is CCc1nsc(N2CCCC2C(=O)N(C)C)n1. The number of anilines is 1. The van der Waals surface area contributed by atoms with E-state index in [4.69, 9.17) is 0 Å². The fraction of sp³-hybridized carbons (Fsp3) is 0.727. The van der Waals surface area contributed by atoms with Crippen LogP contribution < -0.4 is 4.90 Å². The zero-order valence-corrected chi connectivity index (χ0v) is 11.3. The largest absolute Gasteiger partial charge is 0.347 e. The second-order valence-electron chi connectivity index (χ2n) is 4.43. The fourth-order valence-electron chi connectivity index (χ4n) is 2.06. The molecule has 1 aliphatic rings. The monoisotopic (exact) mass is 254 g/mol. The maximum absolute atomic E-state index is 12.0. The molecule has 1 amide bonds. The third kappa shape index (κ3) is 2.41. The van der Waals surface area contributed by atoms with Gasteiger partial charge in [0.15, 0.2) is 0 Å². The molecule has 1 atom stereocenters. The smallest absolute Gasteiger partial charge is 0.244 e. The Bertz CT molecular complexity index is 404. The van der Waals surface area contributed by atoms with Crippen LogP contribution in [0, 0.1) is 0 Å². The highest BCUT2D eigenvalue weighted by Gasteiger charge is 2.33. The van der Waals surface area contributed by atoms with Gasteiger partial charge in [0, 0.05) is 38.6 Å². The summed E-state index contributed by atoms with van der Waals surface area (Å²) in [4.78, 5) is 20.3. The zero-order valence-electron chi connectivity index (χ0n) is 10.5. The van der Waals surface area contributed by atoms with Crippen LogP contribution in [-0.4, -0.2) is 46.8 Å². The number of hydrogen-bond acceptors (Lipinski definition) is 5. The molecule has 1 fully saturated rings. The second-order valence-corrected chi connectivity index (χ2v) is 5.16. The van der Waals surface area contributed by atoms with Crippen molar-refractivity contribution >= 4 is 22.6 Å². The van der Waals surface area contributed by atoms with Gasteiger partial charge in [-0.25, -0.2) is 4.98 Å². The molecule has 0 bridgehead atoms. The van der Waals surface area contributed by atoms with E-state index in [0.717, 1.165) is 36.8 Å². The van der Waals surface area contributed by atoms with Crippen LogP contribution in [0.5, 0.6) is 0 Å². The number of carbonyl (C=O) groups is 1. The van der Waals surface area contributed by atoms with Gasteiger partial charge in [-0.05, 0) is 12.8 Å². The van der Waals surface area contributed by atoms with Gasteiger partial charge in [-0.3, -0.25) is 4.79 Å². The summed E-state index contributed by atoms with van der Waals surface area (Å²) >= 11 is 1.40. The van der Waals surface area contributed by atoms with Crippen molar-refractivity contribution in [3.8, 4) is 0 Å². The van der Waals surface area contributed by atoms with E-state index in [1.807, 2.05) is 6.92 Å². The molecule has 0 N–H and O–H groups in total. The lowest BCUT2D eigenvalue weighted by Crippen LogP contribution is -2.42. The van der Waals surface area contributed by atoms with Gasteiger partial charge in [-0.2, -0.15) is 4.37 Å². The quantitative estimate of drug-likeness (QED) is 0.812. The Morgan fingerprint density at radius 3 is 2.94 bits per heavy atom. The number of amides is 1. The van der Waals surface area contributed by atoms with Gasteiger partial charge in [-0.1, -0.05) is 6.92 Å². The average Bonchev–Trinajstić information content (AvgIpc) is 2.95. The van der Waals surface area contributed by atoms with E-state index in [-0.39, 0.29) is 11.9 Å². The van der Waals surface area contributed by atoms with E-state index in [0.29, 0.717) is 0 Å². The van der Waals surface area contributed by atoms with Crippen molar-refractivity contribution in [1.82, 2.24) is 14.3 Å². The average molecular weight is 254 g/mol. The van der Waals surface area contributed by atoms with Crippen molar-refractivity contribution in [1.29, 1.82) is 0 Å². The number of rotatable bonds is 3. The van der Waals surface area contributed by atoms with Crippen LogP contribution >= 0.6 is 11.5 Å². The van der Waals surface area contributed by atoms with Gasteiger partial charge in [-0.15, -0.1) is 0 Å². The summed E-state index contributed by atoms with van der Waals surface area (Å²) in [5.41, 5.74) is 0. The van der Waals surface area contributed by atoms with Crippen LogP contribution in [0.25, 0.3) is 0 Å². The molecule has 0 aromatic carbocycles. The number of likely N-dealkylation sites (N-methyl/N-ethyl adjacent to an activating group) is 1. The summed E-state index contributed by atoms with van der Waals surface area (Å²) in [6.07, 6.45) is 2.81. The number of nitrogens with zero attached hydrogens (tertiary/aromatic N) is 4. The van der Waals surface area contributed by atoms with E-state index >= 15 is 0 Å². The lowest BCUT2D eigenvalue weighted by Gasteiger charge is -2.25. The minimum atomic E-state index is -0.0531. The van der Waals surface area contributed by atoms with Gasteiger partial charge in [0.1, 0.15) is 11.9 Å². The van der Waals surface area contributed by atoms with Crippen molar-refractivity contribution in [2.75, 3.05) is 25.5 Å². The summed E-state index contributed by atoms with van der Waals surface area (Å²) in [7, 11) is 3.60. The van der Waals surface area contributed by atoms with Gasteiger partial charge < -0.3 is 9.80 Å². The maximum Gasteiger partial charge on any atom is 0.244 e. The summed E-state index contributed by atoms with van der Waals surface area (Å²) in [6.45, 7) is 2.95. The van der Waals surface area contributed by atoms with Crippen LogP contribution in [0.4, 0.5) is 5.13 Å². The third-order valence-corrected chi connectivity index (χ3v) is 3.79. The van der Waals surface area contributed by atoms with Crippen LogP contribution in [0.15, 0.2) is 0 Å². The van der Waals surface area contributed by atoms with Crippen LogP contribution in [0.2, 0.25) is 0 Å². The summed E-state index contributed by atoms with van der Waals surface area (Å²) in [6, 6.07) is -0.0531. The molecule has 0 saturated carbocycles. The van der Waals surface area contributed by atoms with Crippen LogP contribution in [0.1, 0.15) is 25.6 Å². The normalized spacial score (nSPS) is 19.7. The highest BCUT2D eigenvalue weighted by Crippen LogP contribution is 2.27. The topological polar surface area (TPSA) is 49.3 Å². The lowest BCUT2D eigenvalue weighted by molar-refractivity contribution is -0.129. The number of aryl methyl sites for hydroxylation is 1. The Morgan fingerprint density at radius 2 is 2.35 bits per heavy atom. The molecule has 1 aromatic heterocycles. The molecule has 17 heavy (non-hydrogen) atoms. The Morgan fingerprint density at radius 1 is 1.59 bits per heavy atom. The molecule has 0 spiro atoms. The minimum absolute atomic E-state index is 0.0531. The molecule has 2 rings (SSSR count). The zero-order chi connectivity index (χ0) is 12.4. The summed E-state index contributed by atoms with van der Waals surface area (Å²) < 4.78 is 4.28. The number of hydrogen-bond donors (Lipinski definition) is 0. The maximum atomic E-state index is 12.0. The Labute approximate surface area is 106 Å². The molecule has 0 aliphatic carbocycles. The first-order valence-corrected chi connectivity index (χ1v) is 6.71. The second kappa shape index (κ2) is 5.00. The van der Waals surface area contributed by atoms with E-state index in [2.05, 4.69) is 14.3 Å². The Hall–Kier alpha value is -1.17. The number of carbonyl (C=O) groups excluding carboxylic acids is 1. The van der Waals surface area contributed by atoms with Crippen molar-refractivity contribution in [2.45, 2.75) is 32.2 Å². The van der Waals surface area contributed by atoms with Gasteiger partial charge in [0.2, 0.25) is 11.0 Å². The summed E-state index contributed by atoms with van der Waals surface area (Å²) in [5, 5.41) is 0.888. The van der Waals surface area contributed by atoms with Crippen LogP contribution in [-0.2, 0) is 11.2 Å². The molecular weight excluding hydrogens is 236 g/mol. The van der Waals surface area contributed by atoms with Crippen molar-refractivity contribution in [2.24, 2.45) is 0 Å². The first-order valence-electron chi connectivity index (χ1n) is 5.94. The van der Waals surface area contributed by atoms with E-state index in [9.17, 15) is 4.79 Å². The molecule has 5 nitrogen and oxygen atoms in total. The minimum Gasteiger partial charge on any atom is -0.347 e. The van der Waals surface area contributed by atoms with Gasteiger partial charge in [0.05, 0.1) is 0 Å². The number of aromatic nitrogens is 2. The predicted molar refractivity (Wildman–Crippen MR) is 68.3 cm³/mol. The molecule has 94 valence electrons. The van der Waals surface area contributed by atoms with Gasteiger partial charge in [0.25, 0.3) is 0 Å². The van der Waals surface area contributed by atoms with E-state index in [1.54, 1.807) is 19.0 Å².